The van der Waals surface area contributed by atoms with Crippen LogP contribution in [0.25, 0.3) is 10.9 Å². The zero-order valence-electron chi connectivity index (χ0n) is 17.7. The number of anilines is 1. The van der Waals surface area contributed by atoms with E-state index in [-0.39, 0.29) is 5.56 Å². The van der Waals surface area contributed by atoms with E-state index in [4.69, 9.17) is 17.0 Å². The maximum atomic E-state index is 12.5. The van der Waals surface area contributed by atoms with Crippen LogP contribution in [0.15, 0.2) is 83.7 Å². The number of thiocarbonyl (C=S) groups is 1. The van der Waals surface area contributed by atoms with E-state index < -0.39 is 0 Å². The summed E-state index contributed by atoms with van der Waals surface area (Å²) in [4.78, 5) is 22.0. The molecule has 0 spiro atoms. The number of rotatable bonds is 7. The molecule has 2 N–H and O–H groups in total. The van der Waals surface area contributed by atoms with Crippen LogP contribution in [0.1, 0.15) is 18.3 Å². The van der Waals surface area contributed by atoms with Crippen molar-refractivity contribution in [3.63, 3.8) is 0 Å². The molecule has 4 aromatic rings. The number of aromatic amines is 1. The van der Waals surface area contributed by atoms with Gasteiger partial charge in [-0.25, -0.2) is 4.98 Å². The Labute approximate surface area is 191 Å². The summed E-state index contributed by atoms with van der Waals surface area (Å²) in [6, 6.07) is 25.0. The van der Waals surface area contributed by atoms with Crippen LogP contribution in [0, 0.1) is 0 Å². The lowest BCUT2D eigenvalue weighted by atomic mass is 10.2. The molecular weight excluding hydrogens is 420 g/mol. The van der Waals surface area contributed by atoms with E-state index in [1.807, 2.05) is 84.6 Å². The third kappa shape index (κ3) is 5.31. The van der Waals surface area contributed by atoms with Crippen LogP contribution >= 0.6 is 12.2 Å². The summed E-state index contributed by atoms with van der Waals surface area (Å²) in [5, 5.41) is 4.39. The maximum absolute atomic E-state index is 12.5. The smallest absolute Gasteiger partial charge is 0.258 e. The molecule has 0 fully saturated rings. The molecule has 0 aliphatic carbocycles. The van der Waals surface area contributed by atoms with Crippen LogP contribution in [-0.4, -0.2) is 26.6 Å². The number of ether oxygens (including phenoxy) is 1. The van der Waals surface area contributed by atoms with Crippen molar-refractivity contribution in [3.8, 4) is 5.75 Å². The van der Waals surface area contributed by atoms with Crippen LogP contribution in [0.4, 0.5) is 5.69 Å². The van der Waals surface area contributed by atoms with Crippen molar-refractivity contribution in [1.29, 1.82) is 0 Å². The highest BCUT2D eigenvalue weighted by molar-refractivity contribution is 7.80. The molecule has 0 aliphatic heterocycles. The first-order chi connectivity index (χ1) is 15.6. The fourth-order valence-corrected chi connectivity index (χ4v) is 3.64. The molecule has 0 saturated heterocycles. The summed E-state index contributed by atoms with van der Waals surface area (Å²) in [5.74, 6) is 1.36. The van der Waals surface area contributed by atoms with Crippen molar-refractivity contribution < 1.29 is 4.74 Å². The van der Waals surface area contributed by atoms with Gasteiger partial charge in [0.2, 0.25) is 0 Å². The lowest BCUT2D eigenvalue weighted by Crippen LogP contribution is -2.35. The highest BCUT2D eigenvalue weighted by Gasteiger charge is 2.14. The molecule has 7 heteroatoms. The van der Waals surface area contributed by atoms with E-state index in [9.17, 15) is 4.79 Å². The van der Waals surface area contributed by atoms with Gasteiger partial charge in [-0.1, -0.05) is 42.5 Å². The second-order valence-corrected chi connectivity index (χ2v) is 7.65. The Morgan fingerprint density at radius 3 is 2.47 bits per heavy atom. The molecule has 1 heterocycles. The molecule has 0 bridgehead atoms. The number of H-pyrrole nitrogens is 1. The second-order valence-electron chi connectivity index (χ2n) is 7.26. The van der Waals surface area contributed by atoms with Crippen LogP contribution in [0.5, 0.6) is 5.75 Å². The molecule has 0 radical (unpaired) electrons. The van der Waals surface area contributed by atoms with Crippen molar-refractivity contribution in [2.75, 3.05) is 11.9 Å². The van der Waals surface area contributed by atoms with Gasteiger partial charge in [-0.15, -0.1) is 0 Å². The topological polar surface area (TPSA) is 70.2 Å². The fourth-order valence-electron chi connectivity index (χ4n) is 3.40. The number of fused-ring (bicyclic) bond motifs is 1. The van der Waals surface area contributed by atoms with Gasteiger partial charge in [0.25, 0.3) is 5.56 Å². The number of benzene rings is 3. The molecule has 0 unspecified atom stereocenters. The van der Waals surface area contributed by atoms with Crippen molar-refractivity contribution in [3.05, 3.63) is 101 Å². The Bertz CT molecular complexity index is 1260. The van der Waals surface area contributed by atoms with Gasteiger partial charge in [0.15, 0.2) is 5.11 Å². The Morgan fingerprint density at radius 1 is 1.00 bits per heavy atom. The van der Waals surface area contributed by atoms with Crippen molar-refractivity contribution in [1.82, 2.24) is 14.9 Å². The standard InChI is InChI=1S/C25H24N4O2S/c1-2-31-20-14-12-19(13-15-20)26-25(32)29(16-18-8-4-3-5-9-18)17-23-27-22-11-7-6-10-21(22)24(30)28-23/h3-15H,2,16-17H2,1H3,(H,26,32)(H,27,28,30). The number of nitrogens with zero attached hydrogens (tertiary/aromatic N) is 2. The van der Waals surface area contributed by atoms with Crippen LogP contribution in [-0.2, 0) is 13.1 Å². The molecule has 0 amide bonds. The first-order valence-electron chi connectivity index (χ1n) is 10.4. The highest BCUT2D eigenvalue weighted by atomic mass is 32.1. The summed E-state index contributed by atoms with van der Waals surface area (Å²) in [6.07, 6.45) is 0. The predicted molar refractivity (Wildman–Crippen MR) is 132 cm³/mol. The van der Waals surface area contributed by atoms with Gasteiger partial charge >= 0.3 is 0 Å². The van der Waals surface area contributed by atoms with Crippen molar-refractivity contribution >= 4 is 33.9 Å². The summed E-state index contributed by atoms with van der Waals surface area (Å²) in [6.45, 7) is 3.50. The first-order valence-corrected chi connectivity index (χ1v) is 10.8. The Hall–Kier alpha value is -3.71. The molecule has 1 aromatic heterocycles. The quantitative estimate of drug-likeness (QED) is 0.402. The molecule has 32 heavy (non-hydrogen) atoms. The van der Waals surface area contributed by atoms with E-state index in [1.54, 1.807) is 6.07 Å². The minimum atomic E-state index is -0.157. The summed E-state index contributed by atoms with van der Waals surface area (Å²) < 4.78 is 5.50. The number of hydrogen-bond donors (Lipinski definition) is 2. The third-order valence-electron chi connectivity index (χ3n) is 4.92. The summed E-state index contributed by atoms with van der Waals surface area (Å²) in [5.41, 5.74) is 2.47. The van der Waals surface area contributed by atoms with E-state index >= 15 is 0 Å². The number of aromatic nitrogens is 2. The number of nitrogens with one attached hydrogen (secondary N) is 2. The van der Waals surface area contributed by atoms with Gasteiger partial charge in [0.1, 0.15) is 11.6 Å². The number of para-hydroxylation sites is 1. The minimum Gasteiger partial charge on any atom is -0.494 e. The SMILES string of the molecule is CCOc1ccc(NC(=S)N(Cc2ccccc2)Cc2nc3ccccc3c(=O)[nH]2)cc1. The Kier molecular flexibility index (Phi) is 6.77. The zero-order valence-corrected chi connectivity index (χ0v) is 18.6. The maximum Gasteiger partial charge on any atom is 0.258 e. The zero-order chi connectivity index (χ0) is 22.3. The Balaban J connectivity index is 1.58. The molecular formula is C25H24N4O2S. The van der Waals surface area contributed by atoms with Crippen molar-refractivity contribution in [2.45, 2.75) is 20.0 Å². The number of hydrogen-bond acceptors (Lipinski definition) is 4. The minimum absolute atomic E-state index is 0.157. The van der Waals surface area contributed by atoms with Gasteiger partial charge in [-0.05, 0) is 61.1 Å². The molecule has 0 saturated carbocycles. The molecule has 162 valence electrons. The fraction of sp³-hybridized carbons (Fsp3) is 0.160. The van der Waals surface area contributed by atoms with Gasteiger partial charge in [0, 0.05) is 12.2 Å². The molecule has 0 aliphatic rings. The van der Waals surface area contributed by atoms with Crippen LogP contribution < -0.4 is 15.6 Å². The third-order valence-corrected chi connectivity index (χ3v) is 5.28. The average Bonchev–Trinajstić information content (AvgIpc) is 2.81. The second kappa shape index (κ2) is 10.1. The molecule has 6 nitrogen and oxygen atoms in total. The molecule has 4 rings (SSSR count). The highest BCUT2D eigenvalue weighted by Crippen LogP contribution is 2.17. The lowest BCUT2D eigenvalue weighted by Gasteiger charge is -2.26. The monoisotopic (exact) mass is 444 g/mol. The van der Waals surface area contributed by atoms with Gasteiger partial charge in [-0.2, -0.15) is 0 Å². The van der Waals surface area contributed by atoms with E-state index in [1.165, 1.54) is 0 Å². The van der Waals surface area contributed by atoms with Gasteiger partial charge < -0.3 is 19.9 Å². The lowest BCUT2D eigenvalue weighted by molar-refractivity contribution is 0.340. The first kappa shape index (κ1) is 21.5. The molecule has 3 aromatic carbocycles. The Morgan fingerprint density at radius 2 is 1.72 bits per heavy atom. The summed E-state index contributed by atoms with van der Waals surface area (Å²) >= 11 is 5.73. The van der Waals surface area contributed by atoms with E-state index in [2.05, 4.69) is 15.3 Å². The largest absolute Gasteiger partial charge is 0.494 e. The van der Waals surface area contributed by atoms with Crippen molar-refractivity contribution in [2.24, 2.45) is 0 Å². The van der Waals surface area contributed by atoms with Crippen LogP contribution in [0.3, 0.4) is 0 Å². The average molecular weight is 445 g/mol. The molecule has 0 atom stereocenters. The predicted octanol–water partition coefficient (Wildman–Crippen LogP) is 4.72. The van der Waals surface area contributed by atoms with Crippen LogP contribution in [0.2, 0.25) is 0 Å². The normalized spacial score (nSPS) is 10.7. The van der Waals surface area contributed by atoms with E-state index in [0.29, 0.717) is 41.5 Å². The van der Waals surface area contributed by atoms with E-state index in [0.717, 1.165) is 17.0 Å². The summed E-state index contributed by atoms with van der Waals surface area (Å²) in [7, 11) is 0. The van der Waals surface area contributed by atoms with Gasteiger partial charge in [-0.3, -0.25) is 4.79 Å². The van der Waals surface area contributed by atoms with Gasteiger partial charge in [0.05, 0.1) is 24.1 Å².